The Balaban J connectivity index is 2.29. The van der Waals surface area contributed by atoms with E-state index in [2.05, 4.69) is 29.4 Å². The van der Waals surface area contributed by atoms with Gasteiger partial charge in [0.2, 0.25) is 5.91 Å². The van der Waals surface area contributed by atoms with Gasteiger partial charge < -0.3 is 10.6 Å². The monoisotopic (exact) mass is 241 g/mol. The molecule has 1 atom stereocenters. The molecule has 0 aromatic rings. The summed E-state index contributed by atoms with van der Waals surface area (Å²) in [5.74, 6) is 0.164. The third-order valence-electron chi connectivity index (χ3n) is 3.35. The zero-order valence-electron chi connectivity index (χ0n) is 11.5. The maximum absolute atomic E-state index is 11.5. The molecule has 1 aliphatic heterocycles. The van der Waals surface area contributed by atoms with Crippen LogP contribution in [0.2, 0.25) is 0 Å². The molecule has 2 N–H and O–H groups in total. The van der Waals surface area contributed by atoms with Crippen LogP contribution < -0.4 is 10.6 Å². The summed E-state index contributed by atoms with van der Waals surface area (Å²) in [6.07, 6.45) is 3.16. The van der Waals surface area contributed by atoms with E-state index in [0.717, 1.165) is 26.2 Å². The lowest BCUT2D eigenvalue weighted by Gasteiger charge is -2.29. The van der Waals surface area contributed by atoms with E-state index in [9.17, 15) is 4.79 Å². The smallest absolute Gasteiger partial charge is 0.221 e. The SMILES string of the molecule is CCNC(=O)CCN(CC1CCCN1)C(C)C. The quantitative estimate of drug-likeness (QED) is 0.698. The van der Waals surface area contributed by atoms with Crippen LogP contribution in [0.15, 0.2) is 0 Å². The minimum absolute atomic E-state index is 0.164. The molecule has 1 heterocycles. The van der Waals surface area contributed by atoms with E-state index in [4.69, 9.17) is 0 Å². The van der Waals surface area contributed by atoms with Gasteiger partial charge in [-0.15, -0.1) is 0 Å². The highest BCUT2D eigenvalue weighted by atomic mass is 16.1. The van der Waals surface area contributed by atoms with Crippen molar-refractivity contribution < 1.29 is 4.79 Å². The fourth-order valence-corrected chi connectivity index (χ4v) is 2.29. The maximum Gasteiger partial charge on any atom is 0.221 e. The summed E-state index contributed by atoms with van der Waals surface area (Å²) in [6, 6.07) is 1.12. The maximum atomic E-state index is 11.5. The highest BCUT2D eigenvalue weighted by Crippen LogP contribution is 2.09. The number of rotatable bonds is 7. The molecule has 0 aromatic heterocycles. The van der Waals surface area contributed by atoms with Crippen LogP contribution in [-0.2, 0) is 4.79 Å². The minimum Gasteiger partial charge on any atom is -0.356 e. The molecule has 0 aromatic carbocycles. The molecule has 1 aliphatic rings. The number of carbonyl (C=O) groups is 1. The molecule has 4 nitrogen and oxygen atoms in total. The molecule has 1 unspecified atom stereocenters. The normalized spacial score (nSPS) is 20.2. The molecule has 1 rings (SSSR count). The zero-order chi connectivity index (χ0) is 12.7. The van der Waals surface area contributed by atoms with Gasteiger partial charge in [0.25, 0.3) is 0 Å². The summed E-state index contributed by atoms with van der Waals surface area (Å²) < 4.78 is 0. The van der Waals surface area contributed by atoms with Gasteiger partial charge in [0.1, 0.15) is 0 Å². The minimum atomic E-state index is 0.164. The van der Waals surface area contributed by atoms with Crippen molar-refractivity contribution in [3.8, 4) is 0 Å². The Morgan fingerprint density at radius 1 is 1.53 bits per heavy atom. The fourth-order valence-electron chi connectivity index (χ4n) is 2.29. The van der Waals surface area contributed by atoms with E-state index < -0.39 is 0 Å². The summed E-state index contributed by atoms with van der Waals surface area (Å²) >= 11 is 0. The first-order valence-corrected chi connectivity index (χ1v) is 6.87. The number of hydrogen-bond acceptors (Lipinski definition) is 3. The van der Waals surface area contributed by atoms with Crippen LogP contribution in [0.5, 0.6) is 0 Å². The van der Waals surface area contributed by atoms with Crippen molar-refractivity contribution in [2.45, 2.75) is 52.1 Å². The Morgan fingerprint density at radius 3 is 2.82 bits per heavy atom. The summed E-state index contributed by atoms with van der Waals surface area (Å²) in [5, 5.41) is 6.36. The fraction of sp³-hybridized carbons (Fsp3) is 0.923. The average molecular weight is 241 g/mol. The average Bonchev–Trinajstić information content (AvgIpc) is 2.76. The third kappa shape index (κ3) is 5.50. The number of carbonyl (C=O) groups excluding carboxylic acids is 1. The van der Waals surface area contributed by atoms with Crippen molar-refractivity contribution in [1.82, 2.24) is 15.5 Å². The van der Waals surface area contributed by atoms with Gasteiger partial charge in [-0.25, -0.2) is 0 Å². The van der Waals surface area contributed by atoms with Crippen molar-refractivity contribution in [1.29, 1.82) is 0 Å². The second-order valence-electron chi connectivity index (χ2n) is 5.09. The van der Waals surface area contributed by atoms with Gasteiger partial charge in [-0.2, -0.15) is 0 Å². The molecule has 100 valence electrons. The van der Waals surface area contributed by atoms with E-state index in [0.29, 0.717) is 18.5 Å². The predicted molar refractivity (Wildman–Crippen MR) is 71.0 cm³/mol. The van der Waals surface area contributed by atoms with Crippen LogP contribution in [0.4, 0.5) is 0 Å². The second kappa shape index (κ2) is 7.67. The number of nitrogens with one attached hydrogen (secondary N) is 2. The molecule has 1 amide bonds. The highest BCUT2D eigenvalue weighted by Gasteiger charge is 2.19. The summed E-state index contributed by atoms with van der Waals surface area (Å²) in [7, 11) is 0. The molecule has 0 aliphatic carbocycles. The van der Waals surface area contributed by atoms with Gasteiger partial charge in [-0.1, -0.05) is 0 Å². The van der Waals surface area contributed by atoms with Crippen LogP contribution in [0.25, 0.3) is 0 Å². The first-order chi connectivity index (χ1) is 8.13. The Bertz CT molecular complexity index is 225. The molecule has 1 saturated heterocycles. The summed E-state index contributed by atoms with van der Waals surface area (Å²) in [6.45, 7) is 10.2. The van der Waals surface area contributed by atoms with E-state index in [-0.39, 0.29) is 5.91 Å². The van der Waals surface area contributed by atoms with Crippen LogP contribution in [-0.4, -0.2) is 49.1 Å². The first-order valence-electron chi connectivity index (χ1n) is 6.87. The van der Waals surface area contributed by atoms with Crippen LogP contribution >= 0.6 is 0 Å². The lowest BCUT2D eigenvalue weighted by atomic mass is 10.2. The zero-order valence-corrected chi connectivity index (χ0v) is 11.5. The van der Waals surface area contributed by atoms with Crippen molar-refractivity contribution in [3.05, 3.63) is 0 Å². The Labute approximate surface area is 105 Å². The number of hydrogen-bond donors (Lipinski definition) is 2. The van der Waals surface area contributed by atoms with Gasteiger partial charge in [0, 0.05) is 38.1 Å². The standard InChI is InChI=1S/C13H27N3O/c1-4-14-13(17)7-9-16(11(2)3)10-12-6-5-8-15-12/h11-12,15H,4-10H2,1-3H3,(H,14,17). The van der Waals surface area contributed by atoms with Gasteiger partial charge in [-0.3, -0.25) is 9.69 Å². The van der Waals surface area contributed by atoms with Crippen molar-refractivity contribution in [3.63, 3.8) is 0 Å². The molecule has 0 radical (unpaired) electrons. The summed E-state index contributed by atoms with van der Waals surface area (Å²) in [5.41, 5.74) is 0. The van der Waals surface area contributed by atoms with Crippen LogP contribution in [0.3, 0.4) is 0 Å². The van der Waals surface area contributed by atoms with Crippen molar-refractivity contribution in [2.24, 2.45) is 0 Å². The van der Waals surface area contributed by atoms with Crippen LogP contribution in [0.1, 0.15) is 40.0 Å². The lowest BCUT2D eigenvalue weighted by Crippen LogP contribution is -2.42. The number of nitrogens with zero attached hydrogens (tertiary/aromatic N) is 1. The molecule has 0 spiro atoms. The molecule has 4 heteroatoms. The number of amides is 1. The molecule has 0 saturated carbocycles. The second-order valence-corrected chi connectivity index (χ2v) is 5.09. The van der Waals surface area contributed by atoms with E-state index in [1.807, 2.05) is 6.92 Å². The first kappa shape index (κ1) is 14.5. The highest BCUT2D eigenvalue weighted by molar-refractivity contribution is 5.75. The van der Waals surface area contributed by atoms with Crippen LogP contribution in [0, 0.1) is 0 Å². The van der Waals surface area contributed by atoms with Crippen molar-refractivity contribution in [2.75, 3.05) is 26.2 Å². The van der Waals surface area contributed by atoms with Crippen molar-refractivity contribution >= 4 is 5.91 Å². The lowest BCUT2D eigenvalue weighted by molar-refractivity contribution is -0.121. The largest absolute Gasteiger partial charge is 0.356 e. The van der Waals surface area contributed by atoms with Gasteiger partial charge in [0.05, 0.1) is 0 Å². The van der Waals surface area contributed by atoms with Gasteiger partial charge in [0.15, 0.2) is 0 Å². The Hall–Kier alpha value is -0.610. The van der Waals surface area contributed by atoms with E-state index >= 15 is 0 Å². The third-order valence-corrected chi connectivity index (χ3v) is 3.35. The molecule has 1 fully saturated rings. The van der Waals surface area contributed by atoms with E-state index in [1.165, 1.54) is 12.8 Å². The topological polar surface area (TPSA) is 44.4 Å². The Morgan fingerprint density at radius 2 is 2.29 bits per heavy atom. The molecular weight excluding hydrogens is 214 g/mol. The van der Waals surface area contributed by atoms with Gasteiger partial charge >= 0.3 is 0 Å². The molecular formula is C13H27N3O. The molecule has 0 bridgehead atoms. The van der Waals surface area contributed by atoms with Gasteiger partial charge in [-0.05, 0) is 40.2 Å². The summed E-state index contributed by atoms with van der Waals surface area (Å²) in [4.78, 5) is 13.9. The van der Waals surface area contributed by atoms with E-state index in [1.54, 1.807) is 0 Å². The predicted octanol–water partition coefficient (Wildman–Crippen LogP) is 0.975. The molecule has 17 heavy (non-hydrogen) atoms. The Kier molecular flexibility index (Phi) is 6.52.